The van der Waals surface area contributed by atoms with Gasteiger partial charge in [0.05, 0.1) is 6.07 Å². The van der Waals surface area contributed by atoms with Gasteiger partial charge in [0.2, 0.25) is 0 Å². The maximum atomic E-state index is 8.66. The second-order valence-electron chi connectivity index (χ2n) is 1.89. The molecule has 0 aliphatic carbocycles. The molecule has 0 aromatic carbocycles. The van der Waals surface area contributed by atoms with Crippen LogP contribution in [0.2, 0.25) is 0 Å². The lowest BCUT2D eigenvalue weighted by Gasteiger charge is -2.03. The lowest BCUT2D eigenvalue weighted by molar-refractivity contribution is 0.157. The van der Waals surface area contributed by atoms with E-state index in [0.717, 1.165) is 6.42 Å². The Balaban J connectivity index is 2.85. The van der Waals surface area contributed by atoms with Gasteiger partial charge in [-0.3, -0.25) is 5.32 Å². The zero-order valence-electron chi connectivity index (χ0n) is 5.59. The van der Waals surface area contributed by atoms with Gasteiger partial charge in [0.15, 0.2) is 0 Å². The first-order valence-electron chi connectivity index (χ1n) is 3.05. The minimum absolute atomic E-state index is 0.455. The highest BCUT2D eigenvalue weighted by Gasteiger charge is 1.90. The highest BCUT2D eigenvalue weighted by Crippen LogP contribution is 1.83. The molecule has 0 saturated heterocycles. The van der Waals surface area contributed by atoms with E-state index in [1.807, 2.05) is 6.07 Å². The van der Waals surface area contributed by atoms with Gasteiger partial charge in [0.1, 0.15) is 6.23 Å². The van der Waals surface area contributed by atoms with Crippen molar-refractivity contribution in [1.82, 2.24) is 5.32 Å². The highest BCUT2D eigenvalue weighted by atomic mass is 16.3. The van der Waals surface area contributed by atoms with Crippen LogP contribution in [0, 0.1) is 11.3 Å². The van der Waals surface area contributed by atoms with E-state index in [4.69, 9.17) is 10.4 Å². The van der Waals surface area contributed by atoms with E-state index < -0.39 is 6.23 Å². The van der Waals surface area contributed by atoms with E-state index in [1.54, 1.807) is 6.92 Å². The number of unbranched alkanes of at least 4 members (excludes halogenated alkanes) is 1. The van der Waals surface area contributed by atoms with E-state index in [2.05, 4.69) is 5.32 Å². The first-order chi connectivity index (χ1) is 4.27. The standard InChI is InChI=1S/C6H12N2O/c1-6(9)8-5-3-2-4-7/h6,8-9H,2-3,5H2,1H3. The van der Waals surface area contributed by atoms with Gasteiger partial charge in [-0.1, -0.05) is 0 Å². The van der Waals surface area contributed by atoms with Crippen molar-refractivity contribution in [2.24, 2.45) is 0 Å². The van der Waals surface area contributed by atoms with Gasteiger partial charge in [-0.05, 0) is 19.9 Å². The minimum Gasteiger partial charge on any atom is -0.379 e. The van der Waals surface area contributed by atoms with Crippen molar-refractivity contribution < 1.29 is 5.11 Å². The van der Waals surface area contributed by atoms with Crippen molar-refractivity contribution >= 4 is 0 Å². The molecule has 0 heterocycles. The van der Waals surface area contributed by atoms with Crippen LogP contribution >= 0.6 is 0 Å². The third-order valence-electron chi connectivity index (χ3n) is 0.905. The Morgan fingerprint density at radius 3 is 2.89 bits per heavy atom. The van der Waals surface area contributed by atoms with Gasteiger partial charge in [-0.15, -0.1) is 0 Å². The van der Waals surface area contributed by atoms with Gasteiger partial charge < -0.3 is 5.11 Å². The fraction of sp³-hybridized carbons (Fsp3) is 0.833. The zero-order chi connectivity index (χ0) is 7.11. The molecule has 9 heavy (non-hydrogen) atoms. The van der Waals surface area contributed by atoms with E-state index in [-0.39, 0.29) is 0 Å². The summed E-state index contributed by atoms with van der Waals surface area (Å²) in [6.07, 6.45) is 0.907. The Kier molecular flexibility index (Phi) is 5.18. The molecule has 1 unspecified atom stereocenters. The monoisotopic (exact) mass is 128 g/mol. The molecule has 52 valence electrons. The zero-order valence-corrected chi connectivity index (χ0v) is 5.59. The SMILES string of the molecule is CC(O)NCCCC#N. The number of aliphatic hydroxyl groups is 1. The van der Waals surface area contributed by atoms with Crippen LogP contribution in [0.4, 0.5) is 0 Å². The topological polar surface area (TPSA) is 56.0 Å². The third kappa shape index (κ3) is 7.41. The van der Waals surface area contributed by atoms with E-state index in [1.165, 1.54) is 0 Å². The van der Waals surface area contributed by atoms with Gasteiger partial charge in [-0.25, -0.2) is 0 Å². The fourth-order valence-corrected chi connectivity index (χ4v) is 0.478. The van der Waals surface area contributed by atoms with Gasteiger partial charge in [-0.2, -0.15) is 5.26 Å². The largest absolute Gasteiger partial charge is 0.379 e. The Labute approximate surface area is 55.3 Å². The highest BCUT2D eigenvalue weighted by molar-refractivity contribution is 4.68. The Bertz CT molecular complexity index is 95.7. The van der Waals surface area contributed by atoms with Crippen molar-refractivity contribution in [2.75, 3.05) is 6.54 Å². The maximum Gasteiger partial charge on any atom is 0.102 e. The van der Waals surface area contributed by atoms with Crippen LogP contribution in [-0.4, -0.2) is 17.9 Å². The molecule has 0 saturated carbocycles. The second kappa shape index (κ2) is 5.54. The van der Waals surface area contributed by atoms with Crippen LogP contribution in [-0.2, 0) is 0 Å². The van der Waals surface area contributed by atoms with Crippen LogP contribution in [0.1, 0.15) is 19.8 Å². The summed E-state index contributed by atoms with van der Waals surface area (Å²) in [5.41, 5.74) is 0. The number of hydrogen-bond acceptors (Lipinski definition) is 3. The van der Waals surface area contributed by atoms with Crippen molar-refractivity contribution in [3.05, 3.63) is 0 Å². The molecular formula is C6H12N2O. The number of hydrogen-bond donors (Lipinski definition) is 2. The molecule has 0 aliphatic rings. The molecular weight excluding hydrogens is 116 g/mol. The minimum atomic E-state index is -0.455. The maximum absolute atomic E-state index is 8.66. The smallest absolute Gasteiger partial charge is 0.102 e. The van der Waals surface area contributed by atoms with E-state index in [9.17, 15) is 0 Å². The summed E-state index contributed by atoms with van der Waals surface area (Å²) in [6, 6.07) is 2.02. The molecule has 0 fully saturated rings. The Morgan fingerprint density at radius 2 is 2.44 bits per heavy atom. The predicted octanol–water partition coefficient (Wildman–Crippen LogP) is 0.218. The fourth-order valence-electron chi connectivity index (χ4n) is 0.478. The van der Waals surface area contributed by atoms with Gasteiger partial charge in [0, 0.05) is 6.42 Å². The first kappa shape index (κ1) is 8.41. The Morgan fingerprint density at radius 1 is 1.78 bits per heavy atom. The molecule has 0 radical (unpaired) electrons. The molecule has 0 spiro atoms. The average molecular weight is 128 g/mol. The number of nitrogens with one attached hydrogen (secondary N) is 1. The van der Waals surface area contributed by atoms with Gasteiger partial charge in [0.25, 0.3) is 0 Å². The summed E-state index contributed by atoms with van der Waals surface area (Å²) < 4.78 is 0. The molecule has 2 N–H and O–H groups in total. The summed E-state index contributed by atoms with van der Waals surface area (Å²) in [6.45, 7) is 2.37. The summed E-state index contributed by atoms with van der Waals surface area (Å²) in [4.78, 5) is 0. The third-order valence-corrected chi connectivity index (χ3v) is 0.905. The molecule has 0 amide bonds. The van der Waals surface area contributed by atoms with Crippen LogP contribution < -0.4 is 5.32 Å². The van der Waals surface area contributed by atoms with Crippen molar-refractivity contribution in [2.45, 2.75) is 26.0 Å². The quantitative estimate of drug-likeness (QED) is 0.420. The number of nitriles is 1. The van der Waals surface area contributed by atoms with Crippen molar-refractivity contribution in [1.29, 1.82) is 5.26 Å². The van der Waals surface area contributed by atoms with E-state index in [0.29, 0.717) is 13.0 Å². The number of aliphatic hydroxyl groups excluding tert-OH is 1. The van der Waals surface area contributed by atoms with Crippen molar-refractivity contribution in [3.8, 4) is 6.07 Å². The molecule has 0 aromatic heterocycles. The Hall–Kier alpha value is -0.590. The molecule has 0 aliphatic heterocycles. The predicted molar refractivity (Wildman–Crippen MR) is 34.5 cm³/mol. The van der Waals surface area contributed by atoms with Crippen molar-refractivity contribution in [3.63, 3.8) is 0 Å². The number of rotatable bonds is 4. The van der Waals surface area contributed by atoms with Crippen LogP contribution in [0.5, 0.6) is 0 Å². The summed E-state index contributed by atoms with van der Waals surface area (Å²) in [5.74, 6) is 0. The van der Waals surface area contributed by atoms with E-state index >= 15 is 0 Å². The van der Waals surface area contributed by atoms with Crippen LogP contribution in [0.25, 0.3) is 0 Å². The summed E-state index contributed by atoms with van der Waals surface area (Å²) in [7, 11) is 0. The molecule has 3 nitrogen and oxygen atoms in total. The lowest BCUT2D eigenvalue weighted by Crippen LogP contribution is -2.25. The number of nitrogens with zero attached hydrogens (tertiary/aromatic N) is 1. The normalized spacial score (nSPS) is 12.6. The van der Waals surface area contributed by atoms with Gasteiger partial charge >= 0.3 is 0 Å². The molecule has 1 atom stereocenters. The average Bonchev–Trinajstić information content (AvgIpc) is 1.80. The first-order valence-corrected chi connectivity index (χ1v) is 3.05. The summed E-state index contributed by atoms with van der Waals surface area (Å²) >= 11 is 0. The molecule has 0 bridgehead atoms. The van der Waals surface area contributed by atoms with Crippen LogP contribution in [0.3, 0.4) is 0 Å². The molecule has 3 heteroatoms. The molecule has 0 rings (SSSR count). The summed E-state index contributed by atoms with van der Waals surface area (Å²) in [5, 5.41) is 19.5. The second-order valence-corrected chi connectivity index (χ2v) is 1.89. The lowest BCUT2D eigenvalue weighted by atomic mass is 10.3. The molecule has 0 aromatic rings. The van der Waals surface area contributed by atoms with Crippen LogP contribution in [0.15, 0.2) is 0 Å².